The van der Waals surface area contributed by atoms with E-state index in [2.05, 4.69) is 0 Å². The molecule has 0 radical (unpaired) electrons. The summed E-state index contributed by atoms with van der Waals surface area (Å²) in [6.07, 6.45) is -0.848. The van der Waals surface area contributed by atoms with Crippen LogP contribution in [0.1, 0.15) is 12.5 Å². The number of amides is 1. The molecule has 7 heteroatoms. The summed E-state index contributed by atoms with van der Waals surface area (Å²) in [7, 11) is 4.88. The van der Waals surface area contributed by atoms with Crippen LogP contribution in [0.5, 0.6) is 17.2 Å². The maximum absolute atomic E-state index is 12.4. The molecule has 0 fully saturated rings. The molecule has 0 aliphatic heterocycles. The molecule has 0 aliphatic carbocycles. The van der Waals surface area contributed by atoms with Gasteiger partial charge in [-0.1, -0.05) is 18.2 Å². The van der Waals surface area contributed by atoms with Gasteiger partial charge in [-0.25, -0.2) is 4.79 Å². The van der Waals surface area contributed by atoms with Crippen molar-refractivity contribution in [3.63, 3.8) is 0 Å². The number of ether oxygens (including phenoxy) is 4. The molecule has 3 aromatic carbocycles. The molecule has 0 bridgehead atoms. The molecule has 0 saturated heterocycles. The lowest BCUT2D eigenvalue weighted by atomic mass is 10.1. The summed E-state index contributed by atoms with van der Waals surface area (Å²) >= 11 is 0. The Hall–Kier alpha value is -3.74. The molecule has 3 rings (SSSR count). The first-order valence-corrected chi connectivity index (χ1v) is 10.2. The molecule has 0 saturated carbocycles. The third-order valence-electron chi connectivity index (χ3n) is 5.00. The van der Waals surface area contributed by atoms with E-state index in [1.807, 2.05) is 36.4 Å². The first kappa shape index (κ1) is 22.9. The number of carbonyl (C=O) groups excluding carboxylic acids is 2. The predicted molar refractivity (Wildman–Crippen MR) is 121 cm³/mol. The maximum atomic E-state index is 12.4. The van der Waals surface area contributed by atoms with Gasteiger partial charge in [0, 0.05) is 13.6 Å². The molecule has 0 N–H and O–H groups in total. The Morgan fingerprint density at radius 2 is 1.44 bits per heavy atom. The Balaban J connectivity index is 1.50. The molecule has 1 amide bonds. The number of esters is 1. The fourth-order valence-electron chi connectivity index (χ4n) is 3.13. The second kappa shape index (κ2) is 10.5. The van der Waals surface area contributed by atoms with Gasteiger partial charge in [-0.2, -0.15) is 0 Å². The molecule has 168 valence electrons. The van der Waals surface area contributed by atoms with Gasteiger partial charge in [-0.15, -0.1) is 0 Å². The van der Waals surface area contributed by atoms with Crippen LogP contribution in [0.4, 0.5) is 0 Å². The second-order valence-corrected chi connectivity index (χ2v) is 7.34. The quantitative estimate of drug-likeness (QED) is 0.474. The minimum atomic E-state index is -0.848. The highest BCUT2D eigenvalue weighted by atomic mass is 16.6. The standard InChI is InChI=1S/C25H27NO6/c1-17(32-22-11-9-21(29-3)10-12-22)25(28)31-16-24(27)26(2)15-18-5-6-20-14-23(30-4)8-7-19(20)13-18/h5-14,17H,15-16H2,1-4H3. The summed E-state index contributed by atoms with van der Waals surface area (Å²) in [6, 6.07) is 18.7. The van der Waals surface area contributed by atoms with E-state index < -0.39 is 12.1 Å². The lowest BCUT2D eigenvalue weighted by Crippen LogP contribution is -2.34. The minimum absolute atomic E-state index is 0.301. The summed E-state index contributed by atoms with van der Waals surface area (Å²) in [5, 5.41) is 2.11. The molecule has 1 atom stereocenters. The van der Waals surface area contributed by atoms with Crippen LogP contribution in [-0.4, -0.2) is 50.8 Å². The largest absolute Gasteiger partial charge is 0.497 e. The van der Waals surface area contributed by atoms with Crippen LogP contribution >= 0.6 is 0 Å². The summed E-state index contributed by atoms with van der Waals surface area (Å²) in [5.74, 6) is 1.08. The van der Waals surface area contributed by atoms with Gasteiger partial charge >= 0.3 is 5.97 Å². The van der Waals surface area contributed by atoms with Crippen molar-refractivity contribution in [1.29, 1.82) is 0 Å². The van der Waals surface area contributed by atoms with Crippen LogP contribution in [0.25, 0.3) is 10.8 Å². The first-order valence-electron chi connectivity index (χ1n) is 10.2. The van der Waals surface area contributed by atoms with Crippen LogP contribution in [0, 0.1) is 0 Å². The fraction of sp³-hybridized carbons (Fsp3) is 0.280. The van der Waals surface area contributed by atoms with Gasteiger partial charge < -0.3 is 23.8 Å². The number of hydrogen-bond acceptors (Lipinski definition) is 6. The molecule has 7 nitrogen and oxygen atoms in total. The fourth-order valence-corrected chi connectivity index (χ4v) is 3.13. The number of likely N-dealkylation sites (N-methyl/N-ethyl adjacent to an activating group) is 1. The number of nitrogens with zero attached hydrogens (tertiary/aromatic N) is 1. The number of benzene rings is 3. The summed E-state index contributed by atoms with van der Waals surface area (Å²) in [4.78, 5) is 26.2. The molecule has 0 aromatic heterocycles. The zero-order chi connectivity index (χ0) is 23.1. The van der Waals surface area contributed by atoms with Crippen molar-refractivity contribution >= 4 is 22.6 Å². The van der Waals surface area contributed by atoms with E-state index >= 15 is 0 Å². The second-order valence-electron chi connectivity index (χ2n) is 7.34. The van der Waals surface area contributed by atoms with E-state index in [1.54, 1.807) is 52.5 Å². The summed E-state index contributed by atoms with van der Waals surface area (Å²) < 4.78 is 21.0. The Kier molecular flexibility index (Phi) is 7.54. The number of methoxy groups -OCH3 is 2. The van der Waals surface area contributed by atoms with Gasteiger partial charge in [0.1, 0.15) is 17.2 Å². The highest BCUT2D eigenvalue weighted by Gasteiger charge is 2.19. The monoisotopic (exact) mass is 437 g/mol. The number of fused-ring (bicyclic) bond motifs is 1. The maximum Gasteiger partial charge on any atom is 0.347 e. The molecule has 3 aromatic rings. The van der Waals surface area contributed by atoms with E-state index in [-0.39, 0.29) is 12.5 Å². The van der Waals surface area contributed by atoms with Crippen LogP contribution in [0.3, 0.4) is 0 Å². The van der Waals surface area contributed by atoms with Gasteiger partial charge in [0.15, 0.2) is 12.7 Å². The zero-order valence-electron chi connectivity index (χ0n) is 18.7. The van der Waals surface area contributed by atoms with Crippen LogP contribution in [0.15, 0.2) is 60.7 Å². The number of rotatable bonds is 9. The van der Waals surface area contributed by atoms with Crippen LogP contribution in [0.2, 0.25) is 0 Å². The molecule has 0 heterocycles. The van der Waals surface area contributed by atoms with E-state index in [0.717, 1.165) is 22.1 Å². The average Bonchev–Trinajstić information content (AvgIpc) is 2.82. The SMILES string of the molecule is COc1ccc(OC(C)C(=O)OCC(=O)N(C)Cc2ccc3cc(OC)ccc3c2)cc1. The van der Waals surface area contributed by atoms with Crippen LogP contribution in [-0.2, 0) is 20.9 Å². The predicted octanol–water partition coefficient (Wildman–Crippen LogP) is 3.83. The van der Waals surface area contributed by atoms with Crippen molar-refractivity contribution in [3.05, 3.63) is 66.2 Å². The Morgan fingerprint density at radius 1 is 0.844 bits per heavy atom. The number of hydrogen-bond donors (Lipinski definition) is 0. The van der Waals surface area contributed by atoms with Crippen molar-refractivity contribution in [2.45, 2.75) is 19.6 Å². The lowest BCUT2D eigenvalue weighted by Gasteiger charge is -2.19. The van der Waals surface area contributed by atoms with Gasteiger partial charge in [0.25, 0.3) is 5.91 Å². The Labute approximate surface area is 187 Å². The highest BCUT2D eigenvalue weighted by molar-refractivity contribution is 5.85. The van der Waals surface area contributed by atoms with Crippen LogP contribution < -0.4 is 14.2 Å². The summed E-state index contributed by atoms with van der Waals surface area (Å²) in [6.45, 7) is 1.62. The normalized spacial score (nSPS) is 11.5. The topological polar surface area (TPSA) is 74.3 Å². The molecule has 0 spiro atoms. The van der Waals surface area contributed by atoms with E-state index in [0.29, 0.717) is 18.0 Å². The van der Waals surface area contributed by atoms with Crippen molar-refractivity contribution in [2.75, 3.05) is 27.9 Å². The third kappa shape index (κ3) is 5.91. The summed E-state index contributed by atoms with van der Waals surface area (Å²) in [5.41, 5.74) is 0.973. The minimum Gasteiger partial charge on any atom is -0.497 e. The van der Waals surface area contributed by atoms with Crippen molar-refractivity contribution < 1.29 is 28.5 Å². The first-order chi connectivity index (χ1) is 15.4. The number of carbonyl (C=O) groups is 2. The van der Waals surface area contributed by atoms with E-state index in [1.165, 1.54) is 4.90 Å². The zero-order valence-corrected chi connectivity index (χ0v) is 18.7. The third-order valence-corrected chi connectivity index (χ3v) is 5.00. The smallest absolute Gasteiger partial charge is 0.347 e. The van der Waals surface area contributed by atoms with Crippen molar-refractivity contribution in [2.24, 2.45) is 0 Å². The van der Waals surface area contributed by atoms with E-state index in [4.69, 9.17) is 18.9 Å². The van der Waals surface area contributed by atoms with Gasteiger partial charge in [-0.3, -0.25) is 4.79 Å². The Morgan fingerprint density at radius 3 is 2.12 bits per heavy atom. The Bertz CT molecular complexity index is 1080. The molecular formula is C25H27NO6. The molecular weight excluding hydrogens is 410 g/mol. The van der Waals surface area contributed by atoms with Gasteiger partial charge in [0.05, 0.1) is 14.2 Å². The van der Waals surface area contributed by atoms with E-state index in [9.17, 15) is 9.59 Å². The van der Waals surface area contributed by atoms with Crippen molar-refractivity contribution in [3.8, 4) is 17.2 Å². The molecule has 32 heavy (non-hydrogen) atoms. The molecule has 1 unspecified atom stereocenters. The average molecular weight is 437 g/mol. The van der Waals surface area contributed by atoms with Gasteiger partial charge in [0.2, 0.25) is 0 Å². The van der Waals surface area contributed by atoms with Crippen molar-refractivity contribution in [1.82, 2.24) is 4.90 Å². The molecule has 0 aliphatic rings. The van der Waals surface area contributed by atoms with Gasteiger partial charge in [-0.05, 0) is 65.7 Å². The lowest BCUT2D eigenvalue weighted by molar-refractivity contribution is -0.157. The highest BCUT2D eigenvalue weighted by Crippen LogP contribution is 2.22.